The third kappa shape index (κ3) is 3.42. The van der Waals surface area contributed by atoms with E-state index in [1.165, 1.54) is 31.5 Å². The van der Waals surface area contributed by atoms with Crippen LogP contribution in [0.4, 0.5) is 0 Å². The lowest BCUT2D eigenvalue weighted by atomic mass is 9.99. The molecular formula is C13H19BrN2O. The van der Waals surface area contributed by atoms with Gasteiger partial charge in [-0.1, -0.05) is 22.0 Å². The van der Waals surface area contributed by atoms with E-state index in [4.69, 9.17) is 4.74 Å². The number of hydrogen-bond donors (Lipinski definition) is 0. The number of nitrogens with zero attached hydrogens (tertiary/aromatic N) is 2. The fourth-order valence-corrected chi connectivity index (χ4v) is 2.92. The van der Waals surface area contributed by atoms with Gasteiger partial charge in [0.1, 0.15) is 0 Å². The van der Waals surface area contributed by atoms with Crippen LogP contribution < -0.4 is 4.74 Å². The van der Waals surface area contributed by atoms with Crippen LogP contribution in [-0.4, -0.2) is 35.4 Å². The van der Waals surface area contributed by atoms with Crippen LogP contribution in [0.1, 0.15) is 18.4 Å². The number of likely N-dealkylation sites (tertiary alicyclic amines) is 1. The molecule has 0 bridgehead atoms. The van der Waals surface area contributed by atoms with Gasteiger partial charge in [0.15, 0.2) is 0 Å². The highest BCUT2D eigenvalue weighted by atomic mass is 79.9. The number of piperidine rings is 1. The Bertz CT molecular complexity index is 351. The predicted molar refractivity (Wildman–Crippen MR) is 72.6 cm³/mol. The SMILES string of the molecule is COc1ncccc1CN1CCC(CBr)CC1. The molecule has 1 aliphatic rings. The molecule has 0 N–H and O–H groups in total. The number of alkyl halides is 1. The van der Waals surface area contributed by atoms with Gasteiger partial charge in [0.2, 0.25) is 5.88 Å². The summed E-state index contributed by atoms with van der Waals surface area (Å²) in [6, 6.07) is 4.07. The number of aromatic nitrogens is 1. The van der Waals surface area contributed by atoms with Crippen LogP contribution in [0.15, 0.2) is 18.3 Å². The Morgan fingerprint density at radius 3 is 2.88 bits per heavy atom. The van der Waals surface area contributed by atoms with Crippen molar-refractivity contribution in [3.63, 3.8) is 0 Å². The van der Waals surface area contributed by atoms with Gasteiger partial charge in [-0.2, -0.15) is 0 Å². The van der Waals surface area contributed by atoms with Crippen LogP contribution in [0.3, 0.4) is 0 Å². The van der Waals surface area contributed by atoms with Crippen molar-refractivity contribution in [2.75, 3.05) is 25.5 Å². The smallest absolute Gasteiger partial charge is 0.217 e. The fraction of sp³-hybridized carbons (Fsp3) is 0.615. The second-order valence-electron chi connectivity index (χ2n) is 4.55. The van der Waals surface area contributed by atoms with E-state index in [1.54, 1.807) is 13.3 Å². The van der Waals surface area contributed by atoms with Crippen molar-refractivity contribution in [2.24, 2.45) is 5.92 Å². The maximum Gasteiger partial charge on any atom is 0.217 e. The number of rotatable bonds is 4. The summed E-state index contributed by atoms with van der Waals surface area (Å²) < 4.78 is 5.28. The molecule has 0 spiro atoms. The number of pyridine rings is 1. The Morgan fingerprint density at radius 2 is 2.24 bits per heavy atom. The minimum atomic E-state index is 0.759. The normalized spacial score (nSPS) is 18.2. The molecule has 0 amide bonds. The van der Waals surface area contributed by atoms with Gasteiger partial charge in [0, 0.05) is 23.6 Å². The highest BCUT2D eigenvalue weighted by Crippen LogP contribution is 2.22. The first kappa shape index (κ1) is 12.8. The lowest BCUT2D eigenvalue weighted by Crippen LogP contribution is -2.33. The van der Waals surface area contributed by atoms with Gasteiger partial charge in [-0.05, 0) is 37.9 Å². The molecule has 1 aliphatic heterocycles. The van der Waals surface area contributed by atoms with Crippen LogP contribution in [0, 0.1) is 5.92 Å². The van der Waals surface area contributed by atoms with Crippen molar-refractivity contribution in [1.29, 1.82) is 0 Å². The summed E-state index contributed by atoms with van der Waals surface area (Å²) in [5.74, 6) is 1.61. The second kappa shape index (κ2) is 6.36. The Morgan fingerprint density at radius 1 is 1.47 bits per heavy atom. The van der Waals surface area contributed by atoms with Gasteiger partial charge in [-0.25, -0.2) is 4.98 Å². The van der Waals surface area contributed by atoms with E-state index in [0.29, 0.717) is 0 Å². The third-order valence-electron chi connectivity index (χ3n) is 3.36. The Hall–Kier alpha value is -0.610. The monoisotopic (exact) mass is 298 g/mol. The van der Waals surface area contributed by atoms with E-state index in [-0.39, 0.29) is 0 Å². The van der Waals surface area contributed by atoms with Crippen molar-refractivity contribution in [1.82, 2.24) is 9.88 Å². The van der Waals surface area contributed by atoms with Crippen LogP contribution in [-0.2, 0) is 6.54 Å². The highest BCUT2D eigenvalue weighted by molar-refractivity contribution is 9.09. The molecule has 3 nitrogen and oxygen atoms in total. The summed E-state index contributed by atoms with van der Waals surface area (Å²) in [5, 5.41) is 1.14. The van der Waals surface area contributed by atoms with Gasteiger partial charge in [-0.3, -0.25) is 4.90 Å². The summed E-state index contributed by atoms with van der Waals surface area (Å²) in [6.45, 7) is 3.30. The molecular weight excluding hydrogens is 280 g/mol. The van der Waals surface area contributed by atoms with Crippen LogP contribution in [0.5, 0.6) is 5.88 Å². The zero-order chi connectivity index (χ0) is 12.1. The van der Waals surface area contributed by atoms with Crippen molar-refractivity contribution in [2.45, 2.75) is 19.4 Å². The average Bonchev–Trinajstić information content (AvgIpc) is 2.40. The highest BCUT2D eigenvalue weighted by Gasteiger charge is 2.19. The minimum Gasteiger partial charge on any atom is -0.481 e. The van der Waals surface area contributed by atoms with Gasteiger partial charge in [0.25, 0.3) is 0 Å². The van der Waals surface area contributed by atoms with Crippen molar-refractivity contribution in [3.05, 3.63) is 23.9 Å². The molecule has 1 aromatic rings. The number of hydrogen-bond acceptors (Lipinski definition) is 3. The van der Waals surface area contributed by atoms with Gasteiger partial charge >= 0.3 is 0 Å². The van der Waals surface area contributed by atoms with E-state index in [9.17, 15) is 0 Å². The first-order valence-corrected chi connectivity index (χ1v) is 7.22. The molecule has 0 aliphatic carbocycles. The van der Waals surface area contributed by atoms with E-state index < -0.39 is 0 Å². The maximum atomic E-state index is 5.28. The Kier molecular flexibility index (Phi) is 4.80. The lowest BCUT2D eigenvalue weighted by Gasteiger charge is -2.31. The quantitative estimate of drug-likeness (QED) is 0.799. The minimum absolute atomic E-state index is 0.759. The van der Waals surface area contributed by atoms with Gasteiger partial charge < -0.3 is 4.74 Å². The fourth-order valence-electron chi connectivity index (χ4n) is 2.27. The molecule has 17 heavy (non-hydrogen) atoms. The second-order valence-corrected chi connectivity index (χ2v) is 5.19. The molecule has 0 saturated carbocycles. The van der Waals surface area contributed by atoms with Crippen molar-refractivity contribution in [3.8, 4) is 5.88 Å². The lowest BCUT2D eigenvalue weighted by molar-refractivity contribution is 0.185. The van der Waals surface area contributed by atoms with Gasteiger partial charge in [0.05, 0.1) is 7.11 Å². The molecule has 94 valence electrons. The molecule has 0 atom stereocenters. The topological polar surface area (TPSA) is 25.4 Å². The zero-order valence-electron chi connectivity index (χ0n) is 10.2. The number of ether oxygens (including phenoxy) is 1. The molecule has 1 fully saturated rings. The van der Waals surface area contributed by atoms with Crippen molar-refractivity contribution < 1.29 is 4.74 Å². The van der Waals surface area contributed by atoms with E-state index in [0.717, 1.165) is 23.7 Å². The summed E-state index contributed by atoms with van der Waals surface area (Å²) in [6.07, 6.45) is 4.35. The van der Waals surface area contributed by atoms with Gasteiger partial charge in [-0.15, -0.1) is 0 Å². The summed E-state index contributed by atoms with van der Waals surface area (Å²) in [7, 11) is 1.68. The predicted octanol–water partition coefficient (Wildman–Crippen LogP) is 2.70. The summed E-state index contributed by atoms with van der Waals surface area (Å²) in [5.41, 5.74) is 1.19. The molecule has 4 heteroatoms. The van der Waals surface area contributed by atoms with Crippen LogP contribution >= 0.6 is 15.9 Å². The average molecular weight is 299 g/mol. The van der Waals surface area contributed by atoms with Crippen LogP contribution in [0.2, 0.25) is 0 Å². The molecule has 0 unspecified atom stereocenters. The molecule has 0 radical (unpaired) electrons. The third-order valence-corrected chi connectivity index (χ3v) is 4.28. The zero-order valence-corrected chi connectivity index (χ0v) is 11.8. The number of methoxy groups -OCH3 is 1. The van der Waals surface area contributed by atoms with E-state index in [2.05, 4.69) is 31.9 Å². The maximum absolute atomic E-state index is 5.28. The van der Waals surface area contributed by atoms with E-state index >= 15 is 0 Å². The first-order valence-electron chi connectivity index (χ1n) is 6.09. The first-order chi connectivity index (χ1) is 8.33. The summed E-state index contributed by atoms with van der Waals surface area (Å²) >= 11 is 3.57. The molecule has 2 rings (SSSR count). The van der Waals surface area contributed by atoms with E-state index in [1.807, 2.05) is 6.07 Å². The largest absolute Gasteiger partial charge is 0.481 e. The Balaban J connectivity index is 1.93. The molecule has 1 aromatic heterocycles. The molecule has 2 heterocycles. The Labute approximate surface area is 111 Å². The standard InChI is InChI=1S/C13H19BrN2O/c1-17-13-12(3-2-6-15-13)10-16-7-4-11(9-14)5-8-16/h2-3,6,11H,4-5,7-10H2,1H3. The van der Waals surface area contributed by atoms with Crippen molar-refractivity contribution >= 4 is 15.9 Å². The molecule has 1 saturated heterocycles. The molecule has 0 aromatic carbocycles. The van der Waals surface area contributed by atoms with Crippen LogP contribution in [0.25, 0.3) is 0 Å². The number of halogens is 1. The summed E-state index contributed by atoms with van der Waals surface area (Å²) in [4.78, 5) is 6.72.